The van der Waals surface area contributed by atoms with Crippen molar-refractivity contribution in [1.29, 1.82) is 0 Å². The molecular formula is C25H35N5O6. The van der Waals surface area contributed by atoms with Crippen molar-refractivity contribution in [3.63, 3.8) is 0 Å². The van der Waals surface area contributed by atoms with Crippen LogP contribution in [0.3, 0.4) is 0 Å². The van der Waals surface area contributed by atoms with Crippen LogP contribution in [0.15, 0.2) is 28.7 Å². The highest BCUT2D eigenvalue weighted by Gasteiger charge is 2.32. The van der Waals surface area contributed by atoms with Gasteiger partial charge in [0.1, 0.15) is 6.04 Å². The third-order valence-corrected chi connectivity index (χ3v) is 5.53. The number of Topliss-reactive ketones (excluding diaryl/α,β-unsaturated/α-hetero) is 1. The Morgan fingerprint density at radius 2 is 1.69 bits per heavy atom. The number of nitrogens with zero attached hydrogens (tertiary/aromatic N) is 3. The van der Waals surface area contributed by atoms with Gasteiger partial charge in [-0.1, -0.05) is 57.5 Å². The molecule has 1 aromatic carbocycles. The normalized spacial score (nSPS) is 12.7. The van der Waals surface area contributed by atoms with Crippen molar-refractivity contribution in [3.05, 3.63) is 47.2 Å². The number of hydrogen-bond acceptors (Lipinski definition) is 8. The minimum atomic E-state index is -0.928. The predicted molar refractivity (Wildman–Crippen MR) is 131 cm³/mol. The first kappa shape index (κ1) is 28.5. The number of carbonyl (C=O) groups is 4. The van der Waals surface area contributed by atoms with Gasteiger partial charge >= 0.3 is 6.09 Å². The second kappa shape index (κ2) is 12.8. The van der Waals surface area contributed by atoms with Crippen LogP contribution in [0, 0.1) is 18.8 Å². The van der Waals surface area contributed by atoms with E-state index in [1.54, 1.807) is 27.7 Å². The summed E-state index contributed by atoms with van der Waals surface area (Å²) in [6, 6.07) is 6.02. The molecule has 0 aliphatic heterocycles. The van der Waals surface area contributed by atoms with Crippen LogP contribution < -0.4 is 10.6 Å². The largest absolute Gasteiger partial charge is 0.453 e. The fourth-order valence-corrected chi connectivity index (χ4v) is 3.54. The van der Waals surface area contributed by atoms with Crippen LogP contribution in [0.25, 0.3) is 0 Å². The highest BCUT2D eigenvalue weighted by Crippen LogP contribution is 2.14. The Kier molecular flexibility index (Phi) is 10.1. The zero-order valence-corrected chi connectivity index (χ0v) is 21.8. The molecule has 0 spiro atoms. The Hall–Kier alpha value is -3.76. The highest BCUT2D eigenvalue weighted by molar-refractivity contribution is 5.99. The molecule has 0 aliphatic carbocycles. The number of ketones is 1. The number of carbonyl (C=O) groups excluding carboxylic acids is 4. The van der Waals surface area contributed by atoms with Crippen molar-refractivity contribution in [1.82, 2.24) is 25.7 Å². The van der Waals surface area contributed by atoms with E-state index in [-0.39, 0.29) is 24.3 Å². The van der Waals surface area contributed by atoms with Gasteiger partial charge in [-0.2, -0.15) is 0 Å². The van der Waals surface area contributed by atoms with Crippen LogP contribution in [0.5, 0.6) is 0 Å². The first-order valence-corrected chi connectivity index (χ1v) is 11.7. The van der Waals surface area contributed by atoms with Gasteiger partial charge in [0.25, 0.3) is 5.89 Å². The van der Waals surface area contributed by atoms with E-state index >= 15 is 0 Å². The summed E-state index contributed by atoms with van der Waals surface area (Å²) in [6.07, 6.45) is -0.365. The molecule has 0 fully saturated rings. The number of alkyl carbamates (subject to hydrolysis) is 1. The quantitative estimate of drug-likeness (QED) is 0.446. The van der Waals surface area contributed by atoms with Gasteiger partial charge in [-0.15, -0.1) is 10.2 Å². The van der Waals surface area contributed by atoms with Gasteiger partial charge in [0.2, 0.25) is 23.5 Å². The maximum Gasteiger partial charge on any atom is 0.407 e. The van der Waals surface area contributed by atoms with E-state index < -0.39 is 35.8 Å². The Morgan fingerprint density at radius 3 is 2.28 bits per heavy atom. The molecule has 2 atom stereocenters. The number of hydrogen-bond donors (Lipinski definition) is 2. The van der Waals surface area contributed by atoms with Crippen LogP contribution in [0.4, 0.5) is 4.79 Å². The second-order valence-electron chi connectivity index (χ2n) is 9.37. The van der Waals surface area contributed by atoms with Crippen LogP contribution in [-0.2, 0) is 20.7 Å². The van der Waals surface area contributed by atoms with E-state index in [9.17, 15) is 19.2 Å². The number of ether oxygens (including phenoxy) is 1. The molecule has 11 nitrogen and oxygen atoms in total. The zero-order chi connectivity index (χ0) is 27.0. The van der Waals surface area contributed by atoms with Crippen molar-refractivity contribution in [3.8, 4) is 0 Å². The molecule has 1 aromatic heterocycles. The number of likely N-dealkylation sites (N-methyl/N-ethyl adjacent to an activating group) is 1. The Bertz CT molecular complexity index is 1080. The topological polar surface area (TPSA) is 144 Å². The predicted octanol–water partition coefficient (Wildman–Crippen LogP) is 2.13. The molecule has 0 unspecified atom stereocenters. The van der Waals surface area contributed by atoms with Crippen molar-refractivity contribution < 1.29 is 28.3 Å². The van der Waals surface area contributed by atoms with E-state index in [0.717, 1.165) is 11.1 Å². The number of rotatable bonds is 11. The Balaban J connectivity index is 2.04. The molecule has 1 heterocycles. The summed E-state index contributed by atoms with van der Waals surface area (Å²) in [6.45, 7) is 8.73. The van der Waals surface area contributed by atoms with Gasteiger partial charge in [0, 0.05) is 7.05 Å². The molecule has 2 rings (SSSR count). The fraction of sp³-hybridized carbons (Fsp3) is 0.520. The summed E-state index contributed by atoms with van der Waals surface area (Å²) in [5.41, 5.74) is 2.07. The number of nitrogens with one attached hydrogen (secondary N) is 2. The lowest BCUT2D eigenvalue weighted by atomic mass is 9.99. The molecule has 0 radical (unpaired) electrons. The molecule has 0 aliphatic rings. The lowest BCUT2D eigenvalue weighted by Crippen LogP contribution is -2.53. The Morgan fingerprint density at radius 1 is 1.03 bits per heavy atom. The van der Waals surface area contributed by atoms with Crippen molar-refractivity contribution in [2.24, 2.45) is 11.8 Å². The molecule has 0 bridgehead atoms. The van der Waals surface area contributed by atoms with Crippen molar-refractivity contribution >= 4 is 23.7 Å². The molecular weight excluding hydrogens is 466 g/mol. The maximum absolute atomic E-state index is 13.1. The SMILES string of the molecule is COC(=O)N[C@H](C(=O)N(C)CC(=O)N[C@H](C(=O)c1nnc(Cc2cccc(C)c2)o1)C(C)C)C(C)C. The molecule has 3 amide bonds. The average Bonchev–Trinajstić information content (AvgIpc) is 3.27. The van der Waals surface area contributed by atoms with E-state index in [1.807, 2.05) is 31.2 Å². The monoisotopic (exact) mass is 501 g/mol. The fourth-order valence-electron chi connectivity index (χ4n) is 3.54. The number of aryl methyl sites for hydroxylation is 1. The lowest BCUT2D eigenvalue weighted by Gasteiger charge is -2.27. The molecule has 11 heteroatoms. The Labute approximate surface area is 211 Å². The van der Waals surface area contributed by atoms with Crippen LogP contribution in [0.2, 0.25) is 0 Å². The summed E-state index contributed by atoms with van der Waals surface area (Å²) in [5.74, 6) is -1.93. The van der Waals surface area contributed by atoms with Crippen LogP contribution in [-0.4, -0.2) is 71.6 Å². The summed E-state index contributed by atoms with van der Waals surface area (Å²) in [4.78, 5) is 51.3. The van der Waals surface area contributed by atoms with Gasteiger partial charge in [0.15, 0.2) is 0 Å². The summed E-state index contributed by atoms with van der Waals surface area (Å²) in [5, 5.41) is 13.0. The third kappa shape index (κ3) is 7.89. The van der Waals surface area contributed by atoms with Crippen molar-refractivity contribution in [2.75, 3.05) is 20.7 Å². The maximum atomic E-state index is 13.1. The minimum absolute atomic E-state index is 0.191. The highest BCUT2D eigenvalue weighted by atomic mass is 16.5. The molecule has 196 valence electrons. The summed E-state index contributed by atoms with van der Waals surface area (Å²) >= 11 is 0. The summed E-state index contributed by atoms with van der Waals surface area (Å²) < 4.78 is 10.2. The van der Waals surface area contributed by atoms with E-state index in [2.05, 4.69) is 25.6 Å². The first-order valence-electron chi connectivity index (χ1n) is 11.7. The van der Waals surface area contributed by atoms with E-state index in [4.69, 9.17) is 4.42 Å². The summed E-state index contributed by atoms with van der Waals surface area (Å²) in [7, 11) is 2.64. The van der Waals surface area contributed by atoms with Gasteiger partial charge in [-0.05, 0) is 24.3 Å². The van der Waals surface area contributed by atoms with E-state index in [1.165, 1.54) is 19.1 Å². The number of benzene rings is 1. The van der Waals surface area contributed by atoms with Crippen LogP contribution >= 0.6 is 0 Å². The molecule has 2 aromatic rings. The van der Waals surface area contributed by atoms with Gasteiger partial charge in [-0.3, -0.25) is 14.4 Å². The molecule has 0 saturated carbocycles. The first-order chi connectivity index (χ1) is 16.9. The molecule has 0 saturated heterocycles. The number of aromatic nitrogens is 2. The van der Waals surface area contributed by atoms with Gasteiger partial charge < -0.3 is 24.7 Å². The molecule has 2 N–H and O–H groups in total. The minimum Gasteiger partial charge on any atom is -0.453 e. The second-order valence-corrected chi connectivity index (χ2v) is 9.37. The third-order valence-electron chi connectivity index (χ3n) is 5.53. The smallest absolute Gasteiger partial charge is 0.407 e. The van der Waals surface area contributed by atoms with E-state index in [0.29, 0.717) is 12.3 Å². The average molecular weight is 502 g/mol. The lowest BCUT2D eigenvalue weighted by molar-refractivity contribution is -0.137. The number of amides is 3. The van der Waals surface area contributed by atoms with Crippen LogP contribution in [0.1, 0.15) is 55.4 Å². The number of methoxy groups -OCH3 is 1. The van der Waals surface area contributed by atoms with Crippen molar-refractivity contribution in [2.45, 2.75) is 53.1 Å². The standard InChI is InChI=1S/C25H35N5O6/c1-14(2)20(22(32)23-29-28-19(36-23)12-17-10-8-9-16(5)11-17)26-18(31)13-30(6)24(33)21(15(3)4)27-25(34)35-7/h8-11,14-15,20-21H,12-13H2,1-7H3,(H,26,31)(H,27,34)/t20-,21-/m0/s1. The van der Waals surface area contributed by atoms with Gasteiger partial charge in [-0.25, -0.2) is 4.79 Å². The molecule has 36 heavy (non-hydrogen) atoms. The van der Waals surface area contributed by atoms with Gasteiger partial charge in [0.05, 0.1) is 26.1 Å². The zero-order valence-electron chi connectivity index (χ0n) is 21.8.